The molecule has 3 rings (SSSR count). The molecule has 1 N–H and O–H groups in total. The zero-order valence-electron chi connectivity index (χ0n) is 19.0. The van der Waals surface area contributed by atoms with Crippen molar-refractivity contribution in [2.24, 2.45) is 0 Å². The van der Waals surface area contributed by atoms with Gasteiger partial charge in [-0.15, -0.1) is 0 Å². The summed E-state index contributed by atoms with van der Waals surface area (Å²) >= 11 is 1.42. The highest BCUT2D eigenvalue weighted by Gasteiger charge is 2.18. The number of nitrogens with zero attached hydrogens (tertiary/aromatic N) is 4. The smallest absolute Gasteiger partial charge is 0.189 e. The van der Waals surface area contributed by atoms with Crippen LogP contribution in [0.2, 0.25) is 0 Å². The second-order valence-electron chi connectivity index (χ2n) is 6.81. The molecule has 0 unspecified atom stereocenters. The lowest BCUT2D eigenvalue weighted by Crippen LogP contribution is -2.21. The molecule has 1 heterocycles. The van der Waals surface area contributed by atoms with Crippen molar-refractivity contribution in [3.63, 3.8) is 0 Å². The van der Waals surface area contributed by atoms with Gasteiger partial charge in [-0.25, -0.2) is 9.97 Å². The first-order valence-electron chi connectivity index (χ1n) is 10.3. The Hall–Kier alpha value is -3.44. The average Bonchev–Trinajstić information content (AvgIpc) is 2.84. The van der Waals surface area contributed by atoms with Crippen molar-refractivity contribution in [2.45, 2.75) is 19.0 Å². The van der Waals surface area contributed by atoms with Gasteiger partial charge < -0.3 is 19.7 Å². The molecule has 8 heteroatoms. The summed E-state index contributed by atoms with van der Waals surface area (Å²) in [5.74, 6) is 1.65. The van der Waals surface area contributed by atoms with Gasteiger partial charge in [0.25, 0.3) is 0 Å². The second kappa shape index (κ2) is 10.7. The number of ether oxygens (including phenoxy) is 2. The van der Waals surface area contributed by atoms with Crippen molar-refractivity contribution in [2.75, 3.05) is 43.8 Å². The van der Waals surface area contributed by atoms with Crippen LogP contribution in [0.3, 0.4) is 0 Å². The summed E-state index contributed by atoms with van der Waals surface area (Å²) in [5, 5.41) is 13.8. The molecule has 0 spiro atoms. The molecule has 32 heavy (non-hydrogen) atoms. The lowest BCUT2D eigenvalue weighted by Gasteiger charge is -2.21. The maximum Gasteiger partial charge on any atom is 0.189 e. The molecule has 0 aliphatic heterocycles. The normalized spacial score (nSPS) is 10.4. The lowest BCUT2D eigenvalue weighted by atomic mass is 10.1. The van der Waals surface area contributed by atoms with E-state index < -0.39 is 0 Å². The summed E-state index contributed by atoms with van der Waals surface area (Å²) in [6, 6.07) is 15.9. The standard InChI is InChI=1S/C24H27N5O2S/c1-6-29(7-2)18-11-9-17(10-12-18)26-23-19(15-25)22(27-24(28-23)32-5)16-8-13-20(30-3)21(14-16)31-4/h8-14H,6-7H2,1-5H3,(H,26,27,28). The molecule has 2 aromatic carbocycles. The molecule has 0 atom stereocenters. The summed E-state index contributed by atoms with van der Waals surface area (Å²) in [6.07, 6.45) is 1.91. The molecule has 0 saturated carbocycles. The summed E-state index contributed by atoms with van der Waals surface area (Å²) < 4.78 is 10.8. The third-order valence-corrected chi connectivity index (χ3v) is 5.65. The summed E-state index contributed by atoms with van der Waals surface area (Å²) in [7, 11) is 3.16. The van der Waals surface area contributed by atoms with Crippen molar-refractivity contribution in [3.05, 3.63) is 48.0 Å². The molecule has 0 aliphatic rings. The Morgan fingerprint density at radius 3 is 2.25 bits per heavy atom. The monoisotopic (exact) mass is 449 g/mol. The third-order valence-electron chi connectivity index (χ3n) is 5.10. The first-order chi connectivity index (χ1) is 15.6. The number of benzene rings is 2. The number of nitriles is 1. The number of nitrogens with one attached hydrogen (secondary N) is 1. The van der Waals surface area contributed by atoms with Crippen LogP contribution in [0.5, 0.6) is 11.5 Å². The van der Waals surface area contributed by atoms with Gasteiger partial charge in [0.15, 0.2) is 22.5 Å². The van der Waals surface area contributed by atoms with Crippen LogP contribution in [0.4, 0.5) is 17.2 Å². The number of hydrogen-bond acceptors (Lipinski definition) is 8. The van der Waals surface area contributed by atoms with E-state index >= 15 is 0 Å². The maximum absolute atomic E-state index is 9.97. The topological polar surface area (TPSA) is 83.3 Å². The molecular formula is C24H27N5O2S. The zero-order chi connectivity index (χ0) is 23.1. The quantitative estimate of drug-likeness (QED) is 0.346. The van der Waals surface area contributed by atoms with Gasteiger partial charge in [0.05, 0.1) is 19.9 Å². The van der Waals surface area contributed by atoms with Crippen molar-refractivity contribution in [1.29, 1.82) is 5.26 Å². The molecule has 3 aromatic rings. The number of hydrogen-bond donors (Lipinski definition) is 1. The van der Waals surface area contributed by atoms with Crippen molar-refractivity contribution < 1.29 is 9.47 Å². The second-order valence-corrected chi connectivity index (χ2v) is 7.58. The van der Waals surface area contributed by atoms with Gasteiger partial charge in [-0.3, -0.25) is 0 Å². The Morgan fingerprint density at radius 2 is 1.69 bits per heavy atom. The Kier molecular flexibility index (Phi) is 7.79. The molecule has 0 radical (unpaired) electrons. The number of aromatic nitrogens is 2. The SMILES string of the molecule is CCN(CC)c1ccc(Nc2nc(SC)nc(-c3ccc(OC)c(OC)c3)c2C#N)cc1. The van der Waals surface area contributed by atoms with Gasteiger partial charge in [0.2, 0.25) is 0 Å². The molecule has 166 valence electrons. The van der Waals surface area contributed by atoms with E-state index in [1.807, 2.05) is 30.5 Å². The van der Waals surface area contributed by atoms with Crippen molar-refractivity contribution in [3.8, 4) is 28.8 Å². The average molecular weight is 450 g/mol. The van der Waals surface area contributed by atoms with Gasteiger partial charge in [-0.1, -0.05) is 11.8 Å². The third kappa shape index (κ3) is 4.89. The number of anilines is 3. The zero-order valence-corrected chi connectivity index (χ0v) is 19.8. The molecule has 0 aliphatic carbocycles. The van der Waals surface area contributed by atoms with E-state index in [1.54, 1.807) is 20.3 Å². The molecule has 0 bridgehead atoms. The van der Waals surface area contributed by atoms with Crippen LogP contribution in [0.25, 0.3) is 11.3 Å². The lowest BCUT2D eigenvalue weighted by molar-refractivity contribution is 0.355. The number of thioether (sulfide) groups is 1. The van der Waals surface area contributed by atoms with E-state index in [0.29, 0.717) is 33.7 Å². The van der Waals surface area contributed by atoms with Crippen LogP contribution in [-0.4, -0.2) is 43.5 Å². The molecule has 7 nitrogen and oxygen atoms in total. The predicted molar refractivity (Wildman–Crippen MR) is 130 cm³/mol. The van der Waals surface area contributed by atoms with Gasteiger partial charge in [-0.2, -0.15) is 5.26 Å². The van der Waals surface area contributed by atoms with Crippen LogP contribution in [0, 0.1) is 11.3 Å². The Bertz CT molecular complexity index is 1110. The van der Waals surface area contributed by atoms with Gasteiger partial charge in [-0.05, 0) is 62.6 Å². The predicted octanol–water partition coefficient (Wildman–Crippen LogP) is 5.34. The minimum absolute atomic E-state index is 0.364. The molecular weight excluding hydrogens is 422 g/mol. The van der Waals surface area contributed by atoms with Crippen LogP contribution < -0.4 is 19.7 Å². The maximum atomic E-state index is 9.97. The van der Waals surface area contributed by atoms with Crippen LogP contribution in [-0.2, 0) is 0 Å². The van der Waals surface area contributed by atoms with Crippen LogP contribution >= 0.6 is 11.8 Å². The minimum Gasteiger partial charge on any atom is -0.493 e. The fraction of sp³-hybridized carbons (Fsp3) is 0.292. The summed E-state index contributed by atoms with van der Waals surface area (Å²) in [6.45, 7) is 6.16. The van der Waals surface area contributed by atoms with Crippen molar-refractivity contribution >= 4 is 29.0 Å². The van der Waals surface area contributed by atoms with E-state index in [0.717, 1.165) is 30.0 Å². The van der Waals surface area contributed by atoms with E-state index in [2.05, 4.69) is 52.2 Å². The van der Waals surface area contributed by atoms with Crippen LogP contribution in [0.1, 0.15) is 19.4 Å². The van der Waals surface area contributed by atoms with Gasteiger partial charge in [0, 0.05) is 30.0 Å². The largest absolute Gasteiger partial charge is 0.493 e. The van der Waals surface area contributed by atoms with E-state index in [9.17, 15) is 5.26 Å². The van der Waals surface area contributed by atoms with E-state index in [4.69, 9.17) is 9.47 Å². The van der Waals surface area contributed by atoms with Gasteiger partial charge in [0.1, 0.15) is 11.6 Å². The van der Waals surface area contributed by atoms with E-state index in [1.165, 1.54) is 11.8 Å². The summed E-state index contributed by atoms with van der Waals surface area (Å²) in [4.78, 5) is 11.4. The summed E-state index contributed by atoms with van der Waals surface area (Å²) in [5.41, 5.74) is 3.65. The first-order valence-corrected chi connectivity index (χ1v) is 11.5. The van der Waals surface area contributed by atoms with E-state index in [-0.39, 0.29) is 0 Å². The molecule has 0 fully saturated rings. The minimum atomic E-state index is 0.364. The highest BCUT2D eigenvalue weighted by molar-refractivity contribution is 7.98. The van der Waals surface area contributed by atoms with Crippen molar-refractivity contribution in [1.82, 2.24) is 9.97 Å². The highest BCUT2D eigenvalue weighted by Crippen LogP contribution is 2.35. The Labute approximate surface area is 193 Å². The fourth-order valence-corrected chi connectivity index (χ4v) is 3.77. The Balaban J connectivity index is 2.04. The molecule has 0 saturated heterocycles. The number of rotatable bonds is 9. The molecule has 1 aromatic heterocycles. The van der Waals surface area contributed by atoms with Gasteiger partial charge >= 0.3 is 0 Å². The Morgan fingerprint density at radius 1 is 1.00 bits per heavy atom. The first kappa shape index (κ1) is 23.2. The molecule has 0 amide bonds. The fourth-order valence-electron chi connectivity index (χ4n) is 3.40. The number of methoxy groups -OCH3 is 2. The highest BCUT2D eigenvalue weighted by atomic mass is 32.2. The van der Waals surface area contributed by atoms with Crippen LogP contribution in [0.15, 0.2) is 47.6 Å².